The number of nitrogens with one attached hydrogen (secondary N) is 2. The van der Waals surface area contributed by atoms with Gasteiger partial charge >= 0.3 is 6.09 Å². The summed E-state index contributed by atoms with van der Waals surface area (Å²) in [5.41, 5.74) is 0.398. The zero-order valence-electron chi connectivity index (χ0n) is 17.7. The van der Waals surface area contributed by atoms with E-state index >= 15 is 0 Å². The van der Waals surface area contributed by atoms with Gasteiger partial charge in [-0.15, -0.1) is 24.0 Å². The first-order valence-electron chi connectivity index (χ1n) is 8.86. The topological polar surface area (TPSA) is 92.0 Å². The number of hydrogen-bond acceptors (Lipinski definition) is 5. The van der Waals surface area contributed by atoms with Gasteiger partial charge < -0.3 is 24.7 Å². The summed E-state index contributed by atoms with van der Waals surface area (Å²) in [6, 6.07) is 0.0347. The number of oxazole rings is 1. The van der Waals surface area contributed by atoms with E-state index in [4.69, 9.17) is 9.15 Å². The van der Waals surface area contributed by atoms with Gasteiger partial charge in [0.1, 0.15) is 11.4 Å². The van der Waals surface area contributed by atoms with Gasteiger partial charge in [0.15, 0.2) is 5.96 Å². The summed E-state index contributed by atoms with van der Waals surface area (Å²) in [6.07, 6.45) is 0.440. The number of halogens is 1. The molecule has 0 saturated heterocycles. The Labute approximate surface area is 179 Å². The fourth-order valence-corrected chi connectivity index (χ4v) is 2.10. The zero-order chi connectivity index (χ0) is 19.9. The molecule has 8 nitrogen and oxygen atoms in total. The van der Waals surface area contributed by atoms with Gasteiger partial charge in [-0.3, -0.25) is 4.99 Å². The molecule has 0 bridgehead atoms. The molecule has 9 heteroatoms. The molecule has 0 aliphatic heterocycles. The number of aromatic nitrogens is 1. The van der Waals surface area contributed by atoms with Gasteiger partial charge in [0.05, 0.1) is 12.2 Å². The van der Waals surface area contributed by atoms with Gasteiger partial charge in [-0.2, -0.15) is 0 Å². The van der Waals surface area contributed by atoms with E-state index in [9.17, 15) is 4.79 Å². The van der Waals surface area contributed by atoms with E-state index in [0.29, 0.717) is 24.9 Å². The third-order valence-corrected chi connectivity index (χ3v) is 3.90. The highest BCUT2D eigenvalue weighted by atomic mass is 127. The second-order valence-electron chi connectivity index (χ2n) is 7.33. The standard InChI is InChI=1S/C18H33N5O3.HI/c1-12(23(8)17(24)26-18(4,5)6)9-10-20-16(19-7)21-11-15-22-13(2)14(3)25-15;/h12H,9-11H2,1-8H3,(H2,19,20,21);1H. The van der Waals surface area contributed by atoms with Crippen molar-refractivity contribution in [2.75, 3.05) is 20.6 Å². The number of nitrogens with zero attached hydrogens (tertiary/aromatic N) is 3. The second kappa shape index (κ2) is 11.4. The number of hydrogen-bond donors (Lipinski definition) is 2. The van der Waals surface area contributed by atoms with Crippen molar-refractivity contribution >= 4 is 36.0 Å². The maximum absolute atomic E-state index is 12.1. The van der Waals surface area contributed by atoms with Crippen molar-refractivity contribution in [1.29, 1.82) is 0 Å². The number of guanidine groups is 1. The van der Waals surface area contributed by atoms with Gasteiger partial charge in [0, 0.05) is 26.7 Å². The van der Waals surface area contributed by atoms with Crippen LogP contribution in [0.1, 0.15) is 51.5 Å². The van der Waals surface area contributed by atoms with Gasteiger partial charge in [-0.1, -0.05) is 0 Å². The summed E-state index contributed by atoms with van der Waals surface area (Å²) in [7, 11) is 3.46. The van der Waals surface area contributed by atoms with Gasteiger partial charge in [-0.25, -0.2) is 9.78 Å². The maximum atomic E-state index is 12.1. The normalized spacial score (nSPS) is 12.8. The fraction of sp³-hybridized carbons (Fsp3) is 0.722. The highest BCUT2D eigenvalue weighted by Gasteiger charge is 2.22. The molecule has 1 heterocycles. The molecule has 1 atom stereocenters. The lowest BCUT2D eigenvalue weighted by Gasteiger charge is -2.28. The van der Waals surface area contributed by atoms with Crippen molar-refractivity contribution in [3.63, 3.8) is 0 Å². The maximum Gasteiger partial charge on any atom is 0.410 e. The number of carbonyl (C=O) groups is 1. The first-order valence-corrected chi connectivity index (χ1v) is 8.86. The average molecular weight is 495 g/mol. The van der Waals surface area contributed by atoms with Crippen LogP contribution in [0.5, 0.6) is 0 Å². The molecular weight excluding hydrogens is 461 g/mol. The van der Waals surface area contributed by atoms with Crippen LogP contribution in [0.15, 0.2) is 9.41 Å². The molecule has 156 valence electrons. The van der Waals surface area contributed by atoms with E-state index in [2.05, 4.69) is 20.6 Å². The summed E-state index contributed by atoms with van der Waals surface area (Å²) in [5.74, 6) is 2.11. The van der Waals surface area contributed by atoms with Gasteiger partial charge in [-0.05, 0) is 48.0 Å². The average Bonchev–Trinajstić information content (AvgIpc) is 2.86. The summed E-state index contributed by atoms with van der Waals surface area (Å²) < 4.78 is 10.9. The highest BCUT2D eigenvalue weighted by molar-refractivity contribution is 14.0. The predicted octanol–water partition coefficient (Wildman–Crippen LogP) is 3.22. The predicted molar refractivity (Wildman–Crippen MR) is 118 cm³/mol. The van der Waals surface area contributed by atoms with Gasteiger partial charge in [0.2, 0.25) is 5.89 Å². The van der Waals surface area contributed by atoms with E-state index in [-0.39, 0.29) is 36.1 Å². The molecule has 1 aromatic heterocycles. The van der Waals surface area contributed by atoms with Crippen LogP contribution in [0.2, 0.25) is 0 Å². The molecule has 0 aliphatic carbocycles. The first kappa shape index (κ1) is 25.5. The molecule has 1 aromatic rings. The SMILES string of the molecule is CN=C(NCCC(C)N(C)C(=O)OC(C)(C)C)NCc1nc(C)c(C)o1.I. The quantitative estimate of drug-likeness (QED) is 0.358. The van der Waals surface area contributed by atoms with E-state index < -0.39 is 5.60 Å². The number of ether oxygens (including phenoxy) is 1. The Kier molecular flexibility index (Phi) is 10.7. The Bertz CT molecular complexity index is 606. The van der Waals surface area contributed by atoms with Crippen molar-refractivity contribution in [1.82, 2.24) is 20.5 Å². The van der Waals surface area contributed by atoms with Crippen molar-refractivity contribution in [3.8, 4) is 0 Å². The molecule has 0 spiro atoms. The summed E-state index contributed by atoms with van der Waals surface area (Å²) in [5, 5.41) is 6.39. The van der Waals surface area contributed by atoms with E-state index in [0.717, 1.165) is 17.9 Å². The molecule has 0 saturated carbocycles. The van der Waals surface area contributed by atoms with E-state index in [1.54, 1.807) is 19.0 Å². The highest BCUT2D eigenvalue weighted by Crippen LogP contribution is 2.11. The Balaban J connectivity index is 0.00000676. The second-order valence-corrected chi connectivity index (χ2v) is 7.33. The van der Waals surface area contributed by atoms with Crippen molar-refractivity contribution in [2.45, 2.75) is 66.2 Å². The van der Waals surface area contributed by atoms with Crippen LogP contribution in [-0.2, 0) is 11.3 Å². The fourth-order valence-electron chi connectivity index (χ4n) is 2.10. The Morgan fingerprint density at radius 2 is 1.96 bits per heavy atom. The van der Waals surface area contributed by atoms with Crippen molar-refractivity contribution in [2.24, 2.45) is 4.99 Å². The number of aliphatic imine (C=N–C) groups is 1. The van der Waals surface area contributed by atoms with Crippen LogP contribution in [-0.4, -0.2) is 54.2 Å². The first-order chi connectivity index (χ1) is 12.0. The molecule has 1 unspecified atom stereocenters. The summed E-state index contributed by atoms with van der Waals surface area (Å²) >= 11 is 0. The Morgan fingerprint density at radius 1 is 1.33 bits per heavy atom. The number of carbonyl (C=O) groups excluding carboxylic acids is 1. The zero-order valence-corrected chi connectivity index (χ0v) is 20.0. The lowest BCUT2D eigenvalue weighted by Crippen LogP contribution is -2.42. The lowest BCUT2D eigenvalue weighted by atomic mass is 10.2. The molecule has 2 N–H and O–H groups in total. The molecule has 27 heavy (non-hydrogen) atoms. The summed E-state index contributed by atoms with van der Waals surface area (Å²) in [4.78, 5) is 22.2. The van der Waals surface area contributed by atoms with Crippen LogP contribution >= 0.6 is 24.0 Å². The molecule has 0 radical (unpaired) electrons. The Morgan fingerprint density at radius 3 is 2.44 bits per heavy atom. The van der Waals surface area contributed by atoms with E-state index in [1.807, 2.05) is 41.5 Å². The molecule has 0 aromatic carbocycles. The molecular formula is C18H34IN5O3. The minimum absolute atomic E-state index is 0. The van der Waals surface area contributed by atoms with Crippen LogP contribution in [0.25, 0.3) is 0 Å². The number of amides is 1. The largest absolute Gasteiger partial charge is 0.444 e. The van der Waals surface area contributed by atoms with Crippen LogP contribution in [0.4, 0.5) is 4.79 Å². The number of rotatable bonds is 6. The third-order valence-electron chi connectivity index (χ3n) is 3.90. The van der Waals surface area contributed by atoms with Crippen LogP contribution in [0, 0.1) is 13.8 Å². The molecule has 1 rings (SSSR count). The smallest absolute Gasteiger partial charge is 0.410 e. The molecule has 0 aliphatic rings. The minimum Gasteiger partial charge on any atom is -0.444 e. The van der Waals surface area contributed by atoms with Crippen molar-refractivity contribution < 1.29 is 13.9 Å². The Hall–Kier alpha value is -1.52. The van der Waals surface area contributed by atoms with Crippen molar-refractivity contribution in [3.05, 3.63) is 17.3 Å². The molecule has 0 fully saturated rings. The number of aryl methyl sites for hydroxylation is 2. The van der Waals surface area contributed by atoms with Gasteiger partial charge in [0.25, 0.3) is 0 Å². The monoisotopic (exact) mass is 495 g/mol. The summed E-state index contributed by atoms with van der Waals surface area (Å²) in [6.45, 7) is 12.5. The molecule has 1 amide bonds. The third kappa shape index (κ3) is 9.30. The van der Waals surface area contributed by atoms with Crippen LogP contribution < -0.4 is 10.6 Å². The lowest BCUT2D eigenvalue weighted by molar-refractivity contribution is 0.0230. The van der Waals surface area contributed by atoms with Crippen LogP contribution in [0.3, 0.4) is 0 Å². The minimum atomic E-state index is -0.494. The van der Waals surface area contributed by atoms with E-state index in [1.165, 1.54) is 0 Å².